The highest BCUT2D eigenvalue weighted by Crippen LogP contribution is 2.19. The largest absolute Gasteiger partial charge is 0.355 e. The Hall–Kier alpha value is -1.96. The number of hydrogen-bond acceptors (Lipinski definition) is 6. The van der Waals surface area contributed by atoms with E-state index in [0.717, 1.165) is 19.5 Å². The summed E-state index contributed by atoms with van der Waals surface area (Å²) in [5.74, 6) is 1.32. The average Bonchev–Trinajstić information content (AvgIpc) is 3.08. The number of carbonyl (C=O) groups excluding carboxylic acids is 2. The van der Waals surface area contributed by atoms with Crippen molar-refractivity contribution < 1.29 is 14.1 Å². The second kappa shape index (κ2) is 9.12. The van der Waals surface area contributed by atoms with Crippen molar-refractivity contribution in [2.45, 2.75) is 52.4 Å². The molecule has 0 atom stereocenters. The minimum Gasteiger partial charge on any atom is -0.355 e. The van der Waals surface area contributed by atoms with Gasteiger partial charge in [-0.2, -0.15) is 4.98 Å². The van der Waals surface area contributed by atoms with Gasteiger partial charge in [0, 0.05) is 51.0 Å². The van der Waals surface area contributed by atoms with Gasteiger partial charge in [0.25, 0.3) is 0 Å². The van der Waals surface area contributed by atoms with E-state index >= 15 is 0 Å². The summed E-state index contributed by atoms with van der Waals surface area (Å²) in [6.45, 7) is 12.0. The lowest BCUT2D eigenvalue weighted by molar-refractivity contribution is -0.133. The number of hydrogen-bond donors (Lipinski definition) is 1. The number of nitrogens with one attached hydrogen (secondary N) is 1. The molecule has 8 nitrogen and oxygen atoms in total. The number of carbonyl (C=O) groups is 2. The lowest BCUT2D eigenvalue weighted by Crippen LogP contribution is -2.51. The van der Waals surface area contributed by atoms with Crippen LogP contribution in [0.25, 0.3) is 0 Å². The Labute approximate surface area is 155 Å². The zero-order chi connectivity index (χ0) is 19.2. The number of aromatic nitrogens is 2. The summed E-state index contributed by atoms with van der Waals surface area (Å²) in [4.78, 5) is 32.4. The third-order valence-corrected chi connectivity index (χ3v) is 4.36. The van der Waals surface area contributed by atoms with E-state index in [4.69, 9.17) is 4.52 Å². The topological polar surface area (TPSA) is 91.6 Å². The summed E-state index contributed by atoms with van der Waals surface area (Å²) < 4.78 is 5.24. The summed E-state index contributed by atoms with van der Waals surface area (Å²) in [5.41, 5.74) is -0.161. The van der Waals surface area contributed by atoms with Gasteiger partial charge in [-0.1, -0.05) is 32.9 Å². The number of rotatable bonds is 7. The van der Waals surface area contributed by atoms with E-state index in [9.17, 15) is 9.59 Å². The maximum Gasteiger partial charge on any atom is 0.234 e. The van der Waals surface area contributed by atoms with Crippen LogP contribution in [0.2, 0.25) is 0 Å². The van der Waals surface area contributed by atoms with Gasteiger partial charge in [0.2, 0.25) is 17.7 Å². The van der Waals surface area contributed by atoms with Crippen molar-refractivity contribution >= 4 is 11.8 Å². The Kier molecular flexibility index (Phi) is 7.14. The van der Waals surface area contributed by atoms with E-state index in [0.29, 0.717) is 50.7 Å². The van der Waals surface area contributed by atoms with Crippen LogP contribution < -0.4 is 5.32 Å². The van der Waals surface area contributed by atoms with Gasteiger partial charge in [0.1, 0.15) is 0 Å². The van der Waals surface area contributed by atoms with Crippen LogP contribution in [-0.2, 0) is 21.4 Å². The third-order valence-electron chi connectivity index (χ3n) is 4.36. The molecule has 0 bridgehead atoms. The van der Waals surface area contributed by atoms with Crippen LogP contribution >= 0.6 is 0 Å². The lowest BCUT2D eigenvalue weighted by Gasteiger charge is -2.34. The highest BCUT2D eigenvalue weighted by molar-refractivity contribution is 5.78. The number of amides is 2. The maximum absolute atomic E-state index is 12.4. The molecular weight excluding hydrogens is 334 g/mol. The van der Waals surface area contributed by atoms with Crippen LogP contribution in [0.4, 0.5) is 0 Å². The molecule has 146 valence electrons. The molecular formula is C18H31N5O3. The smallest absolute Gasteiger partial charge is 0.234 e. The predicted octanol–water partition coefficient (Wildman–Crippen LogP) is 0.970. The van der Waals surface area contributed by atoms with Gasteiger partial charge in [-0.3, -0.25) is 14.5 Å². The van der Waals surface area contributed by atoms with Crippen LogP contribution in [-0.4, -0.2) is 71.0 Å². The number of aryl methyl sites for hydroxylation is 1. The van der Waals surface area contributed by atoms with Crippen LogP contribution in [0.15, 0.2) is 4.52 Å². The first-order valence-electron chi connectivity index (χ1n) is 9.39. The second-order valence-corrected chi connectivity index (χ2v) is 7.77. The molecule has 0 aromatic carbocycles. The Morgan fingerprint density at radius 3 is 2.46 bits per heavy atom. The molecule has 0 unspecified atom stereocenters. The monoisotopic (exact) mass is 365 g/mol. The SMILES string of the molecule is CCCNC(=O)CN1CCN(C(=O)CCc2nc(C(C)(C)C)no2)CC1. The molecule has 0 saturated carbocycles. The normalized spacial score (nSPS) is 15.9. The standard InChI is InChI=1S/C18H31N5O3/c1-5-8-19-14(24)13-22-9-11-23(12-10-22)16(25)7-6-15-20-17(21-26-15)18(2,3)4/h5-13H2,1-4H3,(H,19,24). The zero-order valence-electron chi connectivity index (χ0n) is 16.4. The van der Waals surface area contributed by atoms with Crippen molar-refractivity contribution in [1.82, 2.24) is 25.3 Å². The highest BCUT2D eigenvalue weighted by Gasteiger charge is 2.24. The second-order valence-electron chi connectivity index (χ2n) is 7.77. The third kappa shape index (κ3) is 6.09. The van der Waals surface area contributed by atoms with Crippen LogP contribution in [0.3, 0.4) is 0 Å². The molecule has 2 heterocycles. The van der Waals surface area contributed by atoms with Gasteiger partial charge in [-0.05, 0) is 6.42 Å². The fourth-order valence-electron chi connectivity index (χ4n) is 2.71. The summed E-state index contributed by atoms with van der Waals surface area (Å²) in [6.07, 6.45) is 1.76. The Bertz CT molecular complexity index is 600. The Morgan fingerprint density at radius 1 is 1.19 bits per heavy atom. The van der Waals surface area contributed by atoms with Gasteiger partial charge in [-0.25, -0.2) is 0 Å². The number of piperazine rings is 1. The minimum absolute atomic E-state index is 0.0534. The van der Waals surface area contributed by atoms with Crippen molar-refractivity contribution in [2.75, 3.05) is 39.3 Å². The van der Waals surface area contributed by atoms with Crippen LogP contribution in [0, 0.1) is 0 Å². The van der Waals surface area contributed by atoms with Gasteiger partial charge in [0.15, 0.2) is 5.82 Å². The molecule has 2 rings (SSSR count). The molecule has 2 amide bonds. The van der Waals surface area contributed by atoms with Crippen molar-refractivity contribution in [2.24, 2.45) is 0 Å². The van der Waals surface area contributed by atoms with Crippen LogP contribution in [0.5, 0.6) is 0 Å². The Morgan fingerprint density at radius 2 is 1.88 bits per heavy atom. The molecule has 1 aromatic rings. The molecule has 0 spiro atoms. The van der Waals surface area contributed by atoms with Gasteiger partial charge >= 0.3 is 0 Å². The van der Waals surface area contributed by atoms with Gasteiger partial charge in [0.05, 0.1) is 6.54 Å². The summed E-state index contributed by atoms with van der Waals surface area (Å²) in [6, 6.07) is 0. The fourth-order valence-corrected chi connectivity index (χ4v) is 2.71. The first kappa shape index (κ1) is 20.4. The van der Waals surface area contributed by atoms with E-state index in [1.165, 1.54) is 0 Å². The zero-order valence-corrected chi connectivity index (χ0v) is 16.4. The minimum atomic E-state index is -0.161. The van der Waals surface area contributed by atoms with E-state index in [-0.39, 0.29) is 17.2 Å². The Balaban J connectivity index is 1.71. The molecule has 1 aliphatic heterocycles. The maximum atomic E-state index is 12.4. The fraction of sp³-hybridized carbons (Fsp3) is 0.778. The summed E-state index contributed by atoms with van der Waals surface area (Å²) in [5, 5.41) is 6.86. The molecule has 8 heteroatoms. The van der Waals surface area contributed by atoms with Gasteiger partial charge in [-0.15, -0.1) is 0 Å². The van der Waals surface area contributed by atoms with Crippen molar-refractivity contribution in [3.8, 4) is 0 Å². The molecule has 1 N–H and O–H groups in total. The molecule has 1 fully saturated rings. The average molecular weight is 365 g/mol. The first-order chi connectivity index (χ1) is 12.3. The predicted molar refractivity (Wildman–Crippen MR) is 97.6 cm³/mol. The number of nitrogens with zero attached hydrogens (tertiary/aromatic N) is 4. The van der Waals surface area contributed by atoms with Crippen molar-refractivity contribution in [3.05, 3.63) is 11.7 Å². The summed E-state index contributed by atoms with van der Waals surface area (Å²) >= 11 is 0. The lowest BCUT2D eigenvalue weighted by atomic mass is 9.96. The van der Waals surface area contributed by atoms with E-state index < -0.39 is 0 Å². The summed E-state index contributed by atoms with van der Waals surface area (Å²) in [7, 11) is 0. The van der Waals surface area contributed by atoms with E-state index in [1.807, 2.05) is 32.6 Å². The molecule has 0 aliphatic carbocycles. The quantitative estimate of drug-likeness (QED) is 0.774. The highest BCUT2D eigenvalue weighted by atomic mass is 16.5. The molecule has 1 aliphatic rings. The van der Waals surface area contributed by atoms with Crippen molar-refractivity contribution in [1.29, 1.82) is 0 Å². The molecule has 26 heavy (non-hydrogen) atoms. The van der Waals surface area contributed by atoms with Gasteiger partial charge < -0.3 is 14.7 Å². The van der Waals surface area contributed by atoms with Crippen molar-refractivity contribution in [3.63, 3.8) is 0 Å². The molecule has 1 saturated heterocycles. The van der Waals surface area contributed by atoms with E-state index in [1.54, 1.807) is 0 Å². The molecule has 1 aromatic heterocycles. The van der Waals surface area contributed by atoms with Crippen LogP contribution in [0.1, 0.15) is 52.3 Å². The van der Waals surface area contributed by atoms with E-state index in [2.05, 4.69) is 20.4 Å². The first-order valence-corrected chi connectivity index (χ1v) is 9.39. The molecule has 0 radical (unpaired) electrons.